The summed E-state index contributed by atoms with van der Waals surface area (Å²) in [5.74, 6) is 2.10. The van der Waals surface area contributed by atoms with E-state index < -0.39 is 4.92 Å². The normalized spacial score (nSPS) is 19.6. The molecule has 8 heteroatoms. The van der Waals surface area contributed by atoms with Crippen LogP contribution >= 0.6 is 11.8 Å². The average Bonchev–Trinajstić information content (AvgIpc) is 2.70. The Morgan fingerprint density at radius 3 is 3.06 bits per heavy atom. The van der Waals surface area contributed by atoms with Gasteiger partial charge >= 0.3 is 5.69 Å². The number of rotatable bonds is 3. The zero-order valence-corrected chi connectivity index (χ0v) is 9.24. The summed E-state index contributed by atoms with van der Waals surface area (Å²) in [4.78, 5) is 17.7. The molecule has 2 rings (SSSR count). The topological polar surface area (TPSA) is 107 Å². The Kier molecular flexibility index (Phi) is 3.09. The van der Waals surface area contributed by atoms with E-state index in [1.54, 1.807) is 0 Å². The molecule has 0 aliphatic carbocycles. The predicted molar refractivity (Wildman–Crippen MR) is 62.5 cm³/mol. The lowest BCUT2D eigenvalue weighted by Gasteiger charge is -2.11. The second-order valence-electron chi connectivity index (χ2n) is 3.42. The summed E-state index contributed by atoms with van der Waals surface area (Å²) in [5, 5.41) is 13.9. The molecule has 0 aromatic carbocycles. The van der Waals surface area contributed by atoms with Crippen LogP contribution in [0, 0.1) is 10.1 Å². The van der Waals surface area contributed by atoms with Gasteiger partial charge in [-0.05, 0) is 12.2 Å². The van der Waals surface area contributed by atoms with E-state index >= 15 is 0 Å². The molecular weight excluding hydrogens is 230 g/mol. The molecule has 86 valence electrons. The highest BCUT2D eigenvalue weighted by molar-refractivity contribution is 7.99. The van der Waals surface area contributed by atoms with Crippen LogP contribution in [0.5, 0.6) is 0 Å². The molecule has 2 heterocycles. The third-order valence-electron chi connectivity index (χ3n) is 2.30. The minimum absolute atomic E-state index is 0.104. The molecule has 0 spiro atoms. The van der Waals surface area contributed by atoms with Crippen molar-refractivity contribution in [2.45, 2.75) is 12.5 Å². The van der Waals surface area contributed by atoms with Crippen LogP contribution < -0.4 is 11.1 Å². The van der Waals surface area contributed by atoms with Gasteiger partial charge in [-0.15, -0.1) is 0 Å². The smallest absolute Gasteiger partial charge is 0.352 e. The summed E-state index contributed by atoms with van der Waals surface area (Å²) in [5.41, 5.74) is 5.22. The monoisotopic (exact) mass is 241 g/mol. The van der Waals surface area contributed by atoms with Crippen molar-refractivity contribution in [3.05, 3.63) is 16.4 Å². The average molecular weight is 241 g/mol. The molecule has 16 heavy (non-hydrogen) atoms. The van der Waals surface area contributed by atoms with Gasteiger partial charge in [0, 0.05) is 11.8 Å². The Balaban J connectivity index is 2.25. The molecule has 7 nitrogen and oxygen atoms in total. The van der Waals surface area contributed by atoms with Crippen LogP contribution in [0.1, 0.15) is 6.42 Å². The van der Waals surface area contributed by atoms with Gasteiger partial charge in [-0.25, -0.2) is 9.97 Å². The molecule has 0 amide bonds. The molecule has 1 atom stereocenters. The van der Waals surface area contributed by atoms with Crippen LogP contribution in [0.15, 0.2) is 6.33 Å². The number of thioether (sulfide) groups is 1. The van der Waals surface area contributed by atoms with Gasteiger partial charge < -0.3 is 11.1 Å². The summed E-state index contributed by atoms with van der Waals surface area (Å²) in [6, 6.07) is 0.220. The summed E-state index contributed by atoms with van der Waals surface area (Å²) in [6.45, 7) is 0. The summed E-state index contributed by atoms with van der Waals surface area (Å²) in [6.07, 6.45) is 2.21. The molecule has 1 fully saturated rings. The molecule has 1 saturated heterocycles. The second kappa shape index (κ2) is 4.52. The molecule has 0 saturated carbocycles. The second-order valence-corrected chi connectivity index (χ2v) is 4.57. The number of nitrogens with two attached hydrogens (primary N) is 1. The van der Waals surface area contributed by atoms with Gasteiger partial charge in [0.15, 0.2) is 0 Å². The van der Waals surface area contributed by atoms with Crippen LogP contribution in [-0.2, 0) is 0 Å². The van der Waals surface area contributed by atoms with Crippen LogP contribution in [0.4, 0.5) is 17.3 Å². The van der Waals surface area contributed by atoms with Gasteiger partial charge in [-0.1, -0.05) is 0 Å². The highest BCUT2D eigenvalue weighted by atomic mass is 32.2. The van der Waals surface area contributed by atoms with Gasteiger partial charge in [-0.2, -0.15) is 11.8 Å². The lowest BCUT2D eigenvalue weighted by Crippen LogP contribution is -2.20. The van der Waals surface area contributed by atoms with E-state index in [2.05, 4.69) is 15.3 Å². The summed E-state index contributed by atoms with van der Waals surface area (Å²) >= 11 is 1.81. The van der Waals surface area contributed by atoms with Crippen molar-refractivity contribution in [3.63, 3.8) is 0 Å². The zero-order valence-electron chi connectivity index (χ0n) is 8.42. The van der Waals surface area contributed by atoms with Crippen LogP contribution in [0.25, 0.3) is 0 Å². The number of anilines is 2. The fourth-order valence-corrected chi connectivity index (χ4v) is 2.67. The Bertz CT molecular complexity index is 407. The van der Waals surface area contributed by atoms with E-state index in [1.807, 2.05) is 11.8 Å². The molecule has 1 aliphatic rings. The maximum atomic E-state index is 10.8. The third-order valence-corrected chi connectivity index (χ3v) is 3.47. The first kappa shape index (κ1) is 10.9. The molecule has 3 N–H and O–H groups in total. The van der Waals surface area contributed by atoms with E-state index in [0.717, 1.165) is 17.9 Å². The van der Waals surface area contributed by atoms with Crippen LogP contribution in [0.3, 0.4) is 0 Å². The highest BCUT2D eigenvalue weighted by Gasteiger charge is 2.24. The first-order chi connectivity index (χ1) is 7.68. The fraction of sp³-hybridized carbons (Fsp3) is 0.500. The molecule has 1 unspecified atom stereocenters. The number of aromatic nitrogens is 2. The number of hydrogen-bond acceptors (Lipinski definition) is 7. The van der Waals surface area contributed by atoms with E-state index in [0.29, 0.717) is 0 Å². The van der Waals surface area contributed by atoms with Crippen molar-refractivity contribution in [1.82, 2.24) is 9.97 Å². The van der Waals surface area contributed by atoms with Crippen molar-refractivity contribution in [2.75, 3.05) is 22.6 Å². The SMILES string of the molecule is Nc1ncnc(NC2CCSC2)c1[N+](=O)[O-]. The van der Waals surface area contributed by atoms with Gasteiger partial charge in [-0.3, -0.25) is 10.1 Å². The number of hydrogen-bond donors (Lipinski definition) is 2. The van der Waals surface area contributed by atoms with Gasteiger partial charge in [0.2, 0.25) is 11.6 Å². The Morgan fingerprint density at radius 1 is 1.62 bits per heavy atom. The maximum absolute atomic E-state index is 10.8. The van der Waals surface area contributed by atoms with E-state index in [1.165, 1.54) is 6.33 Å². The van der Waals surface area contributed by atoms with Crippen molar-refractivity contribution >= 4 is 29.1 Å². The van der Waals surface area contributed by atoms with Crippen molar-refractivity contribution in [3.8, 4) is 0 Å². The molecular formula is C8H11N5O2S. The number of nitro groups is 1. The van der Waals surface area contributed by atoms with E-state index in [4.69, 9.17) is 5.73 Å². The molecule has 1 aliphatic heterocycles. The quantitative estimate of drug-likeness (QED) is 0.597. The number of nitrogen functional groups attached to an aromatic ring is 1. The minimum atomic E-state index is -0.556. The van der Waals surface area contributed by atoms with Crippen molar-refractivity contribution < 1.29 is 4.92 Å². The van der Waals surface area contributed by atoms with Crippen LogP contribution in [-0.4, -0.2) is 32.4 Å². The van der Waals surface area contributed by atoms with Gasteiger partial charge in [0.05, 0.1) is 4.92 Å². The number of nitrogens with one attached hydrogen (secondary N) is 1. The minimum Gasteiger partial charge on any atom is -0.378 e. The van der Waals surface area contributed by atoms with Gasteiger partial charge in [0.25, 0.3) is 0 Å². The van der Waals surface area contributed by atoms with Gasteiger partial charge in [0.1, 0.15) is 6.33 Å². The fourth-order valence-electron chi connectivity index (χ4n) is 1.52. The Hall–Kier alpha value is -1.57. The molecule has 1 aromatic rings. The van der Waals surface area contributed by atoms with Crippen molar-refractivity contribution in [1.29, 1.82) is 0 Å². The molecule has 0 bridgehead atoms. The first-order valence-electron chi connectivity index (χ1n) is 4.77. The third kappa shape index (κ3) is 2.16. The Morgan fingerprint density at radius 2 is 2.44 bits per heavy atom. The Labute approximate surface area is 96.0 Å². The lowest BCUT2D eigenvalue weighted by atomic mass is 10.2. The molecule has 0 radical (unpaired) electrons. The zero-order chi connectivity index (χ0) is 11.5. The standard InChI is InChI=1S/C8H11N5O2S/c9-7-6(13(14)15)8(11-4-10-7)12-5-1-2-16-3-5/h4-5H,1-3H2,(H3,9,10,11,12). The first-order valence-corrected chi connectivity index (χ1v) is 5.93. The van der Waals surface area contributed by atoms with E-state index in [9.17, 15) is 10.1 Å². The summed E-state index contributed by atoms with van der Waals surface area (Å²) in [7, 11) is 0. The van der Waals surface area contributed by atoms with Crippen LogP contribution in [0.2, 0.25) is 0 Å². The largest absolute Gasteiger partial charge is 0.378 e. The highest BCUT2D eigenvalue weighted by Crippen LogP contribution is 2.29. The lowest BCUT2D eigenvalue weighted by molar-refractivity contribution is -0.383. The maximum Gasteiger partial charge on any atom is 0.352 e. The molecule has 1 aromatic heterocycles. The summed E-state index contributed by atoms with van der Waals surface area (Å²) < 4.78 is 0. The van der Waals surface area contributed by atoms with E-state index in [-0.39, 0.29) is 23.4 Å². The number of nitrogens with zero attached hydrogens (tertiary/aromatic N) is 3. The predicted octanol–water partition coefficient (Wildman–Crippen LogP) is 0.884. The van der Waals surface area contributed by atoms with Crippen molar-refractivity contribution in [2.24, 2.45) is 0 Å².